The number of H-pyrrole nitrogens is 1. The monoisotopic (exact) mass is 236 g/mol. The summed E-state index contributed by atoms with van der Waals surface area (Å²) in [4.78, 5) is 25.7. The molecule has 0 saturated heterocycles. The Morgan fingerprint density at radius 2 is 2.06 bits per heavy atom. The van der Waals surface area contributed by atoms with Crippen molar-refractivity contribution in [3.63, 3.8) is 0 Å². The Bertz CT molecular complexity index is 682. The Morgan fingerprint density at radius 1 is 1.31 bits per heavy atom. The van der Waals surface area contributed by atoms with E-state index in [4.69, 9.17) is 11.6 Å². The number of nitrogens with one attached hydrogen (secondary N) is 1. The second-order valence-electron chi connectivity index (χ2n) is 3.99. The van der Waals surface area contributed by atoms with Gasteiger partial charge < -0.3 is 0 Å². The molecule has 1 aliphatic carbocycles. The van der Waals surface area contributed by atoms with Crippen LogP contribution in [0, 0.1) is 0 Å². The first-order valence-electron chi connectivity index (χ1n) is 5.11. The Kier molecular flexibility index (Phi) is 1.94. The molecule has 1 heterocycles. The summed E-state index contributed by atoms with van der Waals surface area (Å²) in [6, 6.07) is 5.38. The molecule has 82 valence electrons. The van der Waals surface area contributed by atoms with Crippen molar-refractivity contribution in [3.8, 4) is 0 Å². The average Bonchev–Trinajstić information content (AvgIpc) is 3.01. The van der Waals surface area contributed by atoms with E-state index in [1.165, 1.54) is 0 Å². The minimum atomic E-state index is -0.414. The summed E-state index contributed by atoms with van der Waals surface area (Å²) in [5, 5.41) is 0.781. The zero-order chi connectivity index (χ0) is 11.3. The summed E-state index contributed by atoms with van der Waals surface area (Å²) in [5.41, 5.74) is -0.131. The SMILES string of the molecule is O=c1[nH]c(=O)n(C2CC2)c2cccc(Cl)c12. The maximum atomic E-state index is 11.7. The molecule has 1 aromatic carbocycles. The average molecular weight is 237 g/mol. The molecular formula is C11H9ClN2O2. The smallest absolute Gasteiger partial charge is 0.290 e. The standard InChI is InChI=1S/C11H9ClN2O2/c12-7-2-1-3-8-9(7)10(15)13-11(16)14(8)6-4-5-6/h1-3,6H,4-5H2,(H,13,15,16). The summed E-state index contributed by atoms with van der Waals surface area (Å²) in [7, 11) is 0. The van der Waals surface area contributed by atoms with E-state index < -0.39 is 5.56 Å². The van der Waals surface area contributed by atoms with Crippen LogP contribution < -0.4 is 11.2 Å². The minimum Gasteiger partial charge on any atom is -0.290 e. The van der Waals surface area contributed by atoms with Gasteiger partial charge in [-0.05, 0) is 25.0 Å². The zero-order valence-corrected chi connectivity index (χ0v) is 9.12. The number of rotatable bonds is 1. The maximum Gasteiger partial charge on any atom is 0.329 e. The van der Waals surface area contributed by atoms with E-state index in [2.05, 4.69) is 4.98 Å². The molecule has 0 radical (unpaired) electrons. The highest BCUT2D eigenvalue weighted by Gasteiger charge is 2.27. The summed E-state index contributed by atoms with van der Waals surface area (Å²) in [5.74, 6) is 0. The molecule has 0 aliphatic heterocycles. The van der Waals surface area contributed by atoms with Crippen molar-refractivity contribution in [2.24, 2.45) is 0 Å². The lowest BCUT2D eigenvalue weighted by atomic mass is 10.2. The van der Waals surface area contributed by atoms with Crippen LogP contribution in [0.2, 0.25) is 5.02 Å². The third-order valence-corrected chi connectivity index (χ3v) is 3.14. The van der Waals surface area contributed by atoms with Gasteiger partial charge in [0.25, 0.3) is 5.56 Å². The summed E-state index contributed by atoms with van der Waals surface area (Å²) < 4.78 is 1.63. The fourth-order valence-electron chi connectivity index (χ4n) is 1.96. The number of hydrogen-bond donors (Lipinski definition) is 1. The van der Waals surface area contributed by atoms with E-state index in [0.717, 1.165) is 12.8 Å². The number of aromatic nitrogens is 2. The van der Waals surface area contributed by atoms with Gasteiger partial charge in [-0.15, -0.1) is 0 Å². The van der Waals surface area contributed by atoms with Crippen molar-refractivity contribution in [2.45, 2.75) is 18.9 Å². The van der Waals surface area contributed by atoms with Crippen LogP contribution >= 0.6 is 11.6 Å². The highest BCUT2D eigenvalue weighted by atomic mass is 35.5. The van der Waals surface area contributed by atoms with Gasteiger partial charge in [-0.1, -0.05) is 17.7 Å². The molecule has 0 unspecified atom stereocenters. The van der Waals surface area contributed by atoms with E-state index in [9.17, 15) is 9.59 Å². The number of hydrogen-bond acceptors (Lipinski definition) is 2. The second kappa shape index (κ2) is 3.22. The van der Waals surface area contributed by atoms with Gasteiger partial charge in [-0.3, -0.25) is 14.3 Å². The molecule has 16 heavy (non-hydrogen) atoms. The van der Waals surface area contributed by atoms with Crippen LogP contribution in [-0.2, 0) is 0 Å². The van der Waals surface area contributed by atoms with Crippen molar-refractivity contribution in [3.05, 3.63) is 44.1 Å². The fourth-order valence-corrected chi connectivity index (χ4v) is 2.22. The van der Waals surface area contributed by atoms with Gasteiger partial charge in [-0.25, -0.2) is 4.79 Å². The number of nitrogens with zero attached hydrogens (tertiary/aromatic N) is 1. The number of fused-ring (bicyclic) bond motifs is 1. The highest BCUT2D eigenvalue weighted by Crippen LogP contribution is 2.35. The summed E-state index contributed by atoms with van der Waals surface area (Å²) in [6.45, 7) is 0. The zero-order valence-electron chi connectivity index (χ0n) is 8.37. The van der Waals surface area contributed by atoms with Crippen LogP contribution in [0.4, 0.5) is 0 Å². The molecule has 5 heteroatoms. The largest absolute Gasteiger partial charge is 0.329 e. The Morgan fingerprint density at radius 3 is 2.75 bits per heavy atom. The van der Waals surface area contributed by atoms with Crippen molar-refractivity contribution < 1.29 is 0 Å². The molecule has 3 rings (SSSR count). The van der Waals surface area contributed by atoms with Crippen molar-refractivity contribution in [2.75, 3.05) is 0 Å². The first kappa shape index (κ1) is 9.66. The number of benzene rings is 1. The molecule has 1 aliphatic rings. The van der Waals surface area contributed by atoms with Gasteiger partial charge in [0.05, 0.1) is 15.9 Å². The van der Waals surface area contributed by atoms with E-state index in [1.807, 2.05) is 0 Å². The van der Waals surface area contributed by atoms with Crippen LogP contribution in [0.25, 0.3) is 10.9 Å². The molecule has 0 bridgehead atoms. The molecular weight excluding hydrogens is 228 g/mol. The number of aromatic amines is 1. The van der Waals surface area contributed by atoms with Gasteiger partial charge in [0.15, 0.2) is 0 Å². The predicted octanol–water partition coefficient (Wildman–Crippen LogP) is 1.68. The van der Waals surface area contributed by atoms with Crippen LogP contribution in [0.15, 0.2) is 27.8 Å². The molecule has 0 spiro atoms. The normalized spacial score (nSPS) is 15.6. The molecule has 0 amide bonds. The van der Waals surface area contributed by atoms with Gasteiger partial charge in [0.2, 0.25) is 0 Å². The van der Waals surface area contributed by atoms with Crippen LogP contribution in [0.3, 0.4) is 0 Å². The van der Waals surface area contributed by atoms with E-state index in [0.29, 0.717) is 15.9 Å². The molecule has 0 atom stereocenters. The van der Waals surface area contributed by atoms with E-state index in [-0.39, 0.29) is 11.7 Å². The Balaban J connectivity index is 2.54. The third kappa shape index (κ3) is 1.30. The first-order chi connectivity index (χ1) is 7.68. The van der Waals surface area contributed by atoms with Crippen LogP contribution in [0.1, 0.15) is 18.9 Å². The van der Waals surface area contributed by atoms with Gasteiger partial charge in [0, 0.05) is 6.04 Å². The van der Waals surface area contributed by atoms with Crippen molar-refractivity contribution >= 4 is 22.5 Å². The van der Waals surface area contributed by atoms with Gasteiger partial charge in [0.1, 0.15) is 0 Å². The molecule has 1 aromatic heterocycles. The third-order valence-electron chi connectivity index (χ3n) is 2.83. The molecule has 1 saturated carbocycles. The van der Waals surface area contributed by atoms with E-state index in [1.54, 1.807) is 22.8 Å². The predicted molar refractivity (Wildman–Crippen MR) is 62.1 cm³/mol. The summed E-state index contributed by atoms with van der Waals surface area (Å²) in [6.07, 6.45) is 1.96. The quantitative estimate of drug-likeness (QED) is 0.819. The first-order valence-corrected chi connectivity index (χ1v) is 5.49. The van der Waals surface area contributed by atoms with E-state index >= 15 is 0 Å². The topological polar surface area (TPSA) is 54.9 Å². The molecule has 4 nitrogen and oxygen atoms in total. The van der Waals surface area contributed by atoms with Crippen molar-refractivity contribution in [1.29, 1.82) is 0 Å². The summed E-state index contributed by atoms with van der Waals surface area (Å²) >= 11 is 5.98. The van der Waals surface area contributed by atoms with Crippen LogP contribution in [0.5, 0.6) is 0 Å². The Hall–Kier alpha value is -1.55. The minimum absolute atomic E-state index is 0.213. The van der Waals surface area contributed by atoms with Gasteiger partial charge in [-0.2, -0.15) is 0 Å². The lowest BCUT2D eigenvalue weighted by Gasteiger charge is -2.08. The lowest BCUT2D eigenvalue weighted by molar-refractivity contribution is 0.708. The lowest BCUT2D eigenvalue weighted by Crippen LogP contribution is -2.29. The molecule has 2 aromatic rings. The maximum absolute atomic E-state index is 11.7. The second-order valence-corrected chi connectivity index (χ2v) is 4.40. The molecule has 1 N–H and O–H groups in total. The van der Waals surface area contributed by atoms with Crippen LogP contribution in [-0.4, -0.2) is 9.55 Å². The van der Waals surface area contributed by atoms with Gasteiger partial charge >= 0.3 is 5.69 Å². The fraction of sp³-hybridized carbons (Fsp3) is 0.273. The highest BCUT2D eigenvalue weighted by molar-refractivity contribution is 6.35. The Labute approximate surface area is 95.5 Å². The van der Waals surface area contributed by atoms with Crippen molar-refractivity contribution in [1.82, 2.24) is 9.55 Å². The molecule has 1 fully saturated rings. The number of halogens is 1.